The lowest BCUT2D eigenvalue weighted by Crippen LogP contribution is -2.34. The number of aryl methyl sites for hydroxylation is 2. The van der Waals surface area contributed by atoms with Crippen LogP contribution in [-0.2, 0) is 11.2 Å². The van der Waals surface area contributed by atoms with Crippen LogP contribution >= 0.6 is 11.3 Å². The molecule has 0 saturated heterocycles. The van der Waals surface area contributed by atoms with E-state index in [9.17, 15) is 19.2 Å². The highest BCUT2D eigenvalue weighted by molar-refractivity contribution is 7.14. The molecule has 2 amide bonds. The van der Waals surface area contributed by atoms with Crippen LogP contribution in [0.2, 0.25) is 0 Å². The molecule has 4 N–H and O–H groups in total. The van der Waals surface area contributed by atoms with Gasteiger partial charge in [-0.2, -0.15) is 0 Å². The van der Waals surface area contributed by atoms with Crippen molar-refractivity contribution >= 4 is 28.9 Å². The summed E-state index contributed by atoms with van der Waals surface area (Å²) in [6.45, 7) is 1.93. The van der Waals surface area contributed by atoms with E-state index < -0.39 is 11.5 Å². The molecule has 0 saturated carbocycles. The van der Waals surface area contributed by atoms with E-state index >= 15 is 0 Å². The van der Waals surface area contributed by atoms with Crippen LogP contribution in [0.1, 0.15) is 67.9 Å². The molecule has 2 heterocycles. The molecule has 0 aliphatic heterocycles. The lowest BCUT2D eigenvalue weighted by atomic mass is 9.90. The van der Waals surface area contributed by atoms with Crippen molar-refractivity contribution in [3.63, 3.8) is 0 Å². The summed E-state index contributed by atoms with van der Waals surface area (Å²) >= 11 is 1.42. The second kappa shape index (κ2) is 7.87. The Morgan fingerprint density at radius 2 is 2.07 bits per heavy atom. The number of hydrogen-bond acceptors (Lipinski definition) is 5. The lowest BCUT2D eigenvalue weighted by molar-refractivity contribution is -0.121. The summed E-state index contributed by atoms with van der Waals surface area (Å²) in [6.07, 6.45) is 2.40. The first-order valence-electron chi connectivity index (χ1n) is 8.80. The Hall–Kier alpha value is -2.74. The van der Waals surface area contributed by atoms with Crippen LogP contribution in [0.25, 0.3) is 0 Å². The monoisotopic (exact) mass is 387 g/mol. The molecular weight excluding hydrogens is 366 g/mol. The van der Waals surface area contributed by atoms with Gasteiger partial charge in [-0.15, -0.1) is 11.3 Å². The molecule has 1 aliphatic rings. The summed E-state index contributed by atoms with van der Waals surface area (Å²) in [6, 6.07) is 4.82. The van der Waals surface area contributed by atoms with E-state index in [0.717, 1.165) is 11.3 Å². The first-order chi connectivity index (χ1) is 12.8. The SMILES string of the molecule is Cc1ccc(C(=O)CCC(=O)NC2CCCc3[nH]c(=O)c(C(N)=O)cc32)s1. The number of nitrogens with two attached hydrogens (primary N) is 1. The fourth-order valence-electron chi connectivity index (χ4n) is 3.28. The maximum atomic E-state index is 12.3. The summed E-state index contributed by atoms with van der Waals surface area (Å²) in [4.78, 5) is 52.2. The molecule has 0 bridgehead atoms. The number of hydrogen-bond donors (Lipinski definition) is 3. The van der Waals surface area contributed by atoms with E-state index in [1.165, 1.54) is 17.4 Å². The normalized spacial score (nSPS) is 15.8. The smallest absolute Gasteiger partial charge is 0.261 e. The third kappa shape index (κ3) is 4.33. The summed E-state index contributed by atoms with van der Waals surface area (Å²) in [5.74, 6) is -1.08. The van der Waals surface area contributed by atoms with Crippen LogP contribution in [0.4, 0.5) is 0 Å². The molecule has 7 nitrogen and oxygen atoms in total. The summed E-state index contributed by atoms with van der Waals surface area (Å²) < 4.78 is 0. The summed E-state index contributed by atoms with van der Waals surface area (Å²) in [5, 5.41) is 2.91. The van der Waals surface area contributed by atoms with Crippen LogP contribution < -0.4 is 16.6 Å². The van der Waals surface area contributed by atoms with Crippen molar-refractivity contribution in [3.8, 4) is 0 Å². The number of fused-ring (bicyclic) bond motifs is 1. The molecule has 0 spiro atoms. The van der Waals surface area contributed by atoms with Gasteiger partial charge in [0.2, 0.25) is 5.91 Å². The number of carbonyl (C=O) groups excluding carboxylic acids is 3. The Bertz CT molecular complexity index is 960. The standard InChI is InChI=1S/C19H21N3O4S/c1-10-5-7-16(27-10)15(23)6-8-17(24)21-13-3-2-4-14-11(13)9-12(18(20)25)19(26)22-14/h5,7,9,13H,2-4,6,8H2,1H3,(H2,20,25)(H,21,24)(H,22,26). The van der Waals surface area contributed by atoms with Crippen molar-refractivity contribution in [3.05, 3.63) is 55.1 Å². The number of rotatable bonds is 6. The lowest BCUT2D eigenvalue weighted by Gasteiger charge is -2.26. The Morgan fingerprint density at radius 3 is 2.74 bits per heavy atom. The maximum absolute atomic E-state index is 12.3. The Morgan fingerprint density at radius 1 is 1.30 bits per heavy atom. The van der Waals surface area contributed by atoms with Crippen LogP contribution in [0.5, 0.6) is 0 Å². The van der Waals surface area contributed by atoms with Gasteiger partial charge in [0.15, 0.2) is 5.78 Å². The molecule has 1 aliphatic carbocycles. The van der Waals surface area contributed by atoms with Gasteiger partial charge >= 0.3 is 0 Å². The highest BCUT2D eigenvalue weighted by Gasteiger charge is 2.25. The fourth-order valence-corrected chi connectivity index (χ4v) is 4.11. The quantitative estimate of drug-likeness (QED) is 0.656. The van der Waals surface area contributed by atoms with Gasteiger partial charge in [-0.3, -0.25) is 19.2 Å². The van der Waals surface area contributed by atoms with Crippen LogP contribution in [0, 0.1) is 6.92 Å². The number of carbonyl (C=O) groups is 3. The van der Waals surface area contributed by atoms with Gasteiger partial charge in [0.1, 0.15) is 5.56 Å². The molecular formula is C19H21N3O4S. The number of aromatic nitrogens is 1. The molecule has 0 aromatic carbocycles. The number of nitrogens with one attached hydrogen (secondary N) is 2. The molecule has 2 aromatic heterocycles. The fraction of sp³-hybridized carbons (Fsp3) is 0.368. The highest BCUT2D eigenvalue weighted by atomic mass is 32.1. The van der Waals surface area contributed by atoms with Gasteiger partial charge in [-0.25, -0.2) is 0 Å². The highest BCUT2D eigenvalue weighted by Crippen LogP contribution is 2.28. The molecule has 0 fully saturated rings. The predicted octanol–water partition coefficient (Wildman–Crippen LogP) is 2.00. The molecule has 1 atom stereocenters. The number of pyridine rings is 1. The van der Waals surface area contributed by atoms with Gasteiger partial charge < -0.3 is 16.0 Å². The first kappa shape index (κ1) is 19.0. The maximum Gasteiger partial charge on any atom is 0.261 e. The van der Waals surface area contributed by atoms with Crippen molar-refractivity contribution < 1.29 is 14.4 Å². The minimum atomic E-state index is -0.800. The largest absolute Gasteiger partial charge is 0.365 e. The van der Waals surface area contributed by atoms with Crippen LogP contribution in [0.15, 0.2) is 23.0 Å². The van der Waals surface area contributed by atoms with Crippen molar-refractivity contribution in [2.75, 3.05) is 0 Å². The molecule has 27 heavy (non-hydrogen) atoms. The van der Waals surface area contributed by atoms with Crippen molar-refractivity contribution in [2.45, 2.75) is 45.1 Å². The number of primary amides is 1. The molecule has 8 heteroatoms. The number of amides is 2. The van der Waals surface area contributed by atoms with E-state index in [1.54, 1.807) is 6.07 Å². The van der Waals surface area contributed by atoms with Crippen LogP contribution in [0.3, 0.4) is 0 Å². The first-order valence-corrected chi connectivity index (χ1v) is 9.61. The van der Waals surface area contributed by atoms with E-state index in [-0.39, 0.29) is 36.1 Å². The van der Waals surface area contributed by atoms with E-state index in [4.69, 9.17) is 5.73 Å². The second-order valence-corrected chi connectivity index (χ2v) is 7.94. The van der Waals surface area contributed by atoms with Crippen LogP contribution in [-0.4, -0.2) is 22.6 Å². The van der Waals surface area contributed by atoms with Crippen molar-refractivity contribution in [2.24, 2.45) is 5.73 Å². The second-order valence-electron chi connectivity index (χ2n) is 6.66. The number of ketones is 1. The van der Waals surface area contributed by atoms with Gasteiger partial charge in [-0.1, -0.05) is 0 Å². The number of thiophene rings is 1. The number of Topliss-reactive ketones (excluding diaryl/α,β-unsaturated/α-hetero) is 1. The third-order valence-corrected chi connectivity index (χ3v) is 5.69. The average Bonchev–Trinajstić information content (AvgIpc) is 3.05. The van der Waals surface area contributed by atoms with Gasteiger partial charge in [0.25, 0.3) is 11.5 Å². The van der Waals surface area contributed by atoms with Gasteiger partial charge in [0.05, 0.1) is 10.9 Å². The van der Waals surface area contributed by atoms with E-state index in [0.29, 0.717) is 29.0 Å². The van der Waals surface area contributed by atoms with E-state index in [1.807, 2.05) is 13.0 Å². The number of H-pyrrole nitrogens is 1. The minimum Gasteiger partial charge on any atom is -0.365 e. The summed E-state index contributed by atoms with van der Waals surface area (Å²) in [5.41, 5.74) is 6.05. The molecule has 2 aromatic rings. The van der Waals surface area contributed by atoms with Gasteiger partial charge in [-0.05, 0) is 49.9 Å². The Labute approximate surface area is 160 Å². The zero-order chi connectivity index (χ0) is 19.6. The zero-order valence-electron chi connectivity index (χ0n) is 15.0. The molecule has 0 radical (unpaired) electrons. The van der Waals surface area contributed by atoms with Crippen molar-refractivity contribution in [1.29, 1.82) is 0 Å². The Balaban J connectivity index is 1.67. The topological polar surface area (TPSA) is 122 Å². The predicted molar refractivity (Wildman–Crippen MR) is 102 cm³/mol. The zero-order valence-corrected chi connectivity index (χ0v) is 15.8. The Kier molecular flexibility index (Phi) is 5.55. The minimum absolute atomic E-state index is 0.0485. The van der Waals surface area contributed by atoms with E-state index in [2.05, 4.69) is 10.3 Å². The average molecular weight is 387 g/mol. The van der Waals surface area contributed by atoms with Gasteiger partial charge in [0, 0.05) is 23.4 Å². The molecule has 142 valence electrons. The molecule has 3 rings (SSSR count). The summed E-state index contributed by atoms with van der Waals surface area (Å²) in [7, 11) is 0. The number of aromatic amines is 1. The third-order valence-electron chi connectivity index (χ3n) is 4.65. The molecule has 1 unspecified atom stereocenters. The van der Waals surface area contributed by atoms with Crippen molar-refractivity contribution in [1.82, 2.24) is 10.3 Å².